The van der Waals surface area contributed by atoms with E-state index in [1.165, 1.54) is 11.8 Å². The monoisotopic (exact) mass is 258 g/mol. The highest BCUT2D eigenvalue weighted by Crippen LogP contribution is 2.30. The lowest BCUT2D eigenvalue weighted by Gasteiger charge is -2.11. The number of aromatic nitrogens is 2. The number of nitrogens with two attached hydrogens (primary N) is 1. The fraction of sp³-hybridized carbons (Fsp3) is 0.154. The van der Waals surface area contributed by atoms with Crippen LogP contribution in [0.3, 0.4) is 0 Å². The zero-order chi connectivity index (χ0) is 13.1. The molecule has 0 aliphatic rings. The van der Waals surface area contributed by atoms with Crippen LogP contribution < -0.4 is 5.73 Å². The van der Waals surface area contributed by atoms with Crippen molar-refractivity contribution in [3.63, 3.8) is 0 Å². The first kappa shape index (κ1) is 12.6. The van der Waals surface area contributed by atoms with Crippen molar-refractivity contribution in [2.24, 2.45) is 5.73 Å². The van der Waals surface area contributed by atoms with Crippen molar-refractivity contribution in [3.05, 3.63) is 47.4 Å². The first-order valence-electron chi connectivity index (χ1n) is 5.49. The van der Waals surface area contributed by atoms with Gasteiger partial charge in [-0.25, -0.2) is 4.98 Å². The molecule has 2 aromatic heterocycles. The zero-order valence-electron chi connectivity index (χ0n) is 10.3. The number of nitrogens with one attached hydrogen (secondary N) is 1. The summed E-state index contributed by atoms with van der Waals surface area (Å²) in [5.74, 6) is 0.0402. The van der Waals surface area contributed by atoms with E-state index in [4.69, 9.17) is 11.1 Å². The van der Waals surface area contributed by atoms with E-state index in [0.29, 0.717) is 5.56 Å². The van der Waals surface area contributed by atoms with Gasteiger partial charge in [0, 0.05) is 22.5 Å². The third-order valence-electron chi connectivity index (χ3n) is 2.41. The van der Waals surface area contributed by atoms with E-state index in [2.05, 4.69) is 9.97 Å². The molecule has 0 amide bonds. The second-order valence-corrected chi connectivity index (χ2v) is 4.97. The first-order valence-corrected chi connectivity index (χ1v) is 6.31. The molecule has 5 heteroatoms. The highest BCUT2D eigenvalue weighted by Gasteiger charge is 2.12. The maximum atomic E-state index is 7.66. The van der Waals surface area contributed by atoms with E-state index < -0.39 is 0 Å². The van der Waals surface area contributed by atoms with Gasteiger partial charge in [-0.05, 0) is 32.0 Å². The summed E-state index contributed by atoms with van der Waals surface area (Å²) in [6.07, 6.45) is 1.75. The number of hydrogen-bond donors (Lipinski definition) is 2. The minimum atomic E-state index is 0.0402. The molecule has 0 unspecified atom stereocenters. The first-order chi connectivity index (χ1) is 8.58. The van der Waals surface area contributed by atoms with Gasteiger partial charge in [-0.3, -0.25) is 10.4 Å². The molecule has 0 radical (unpaired) electrons. The minimum Gasteiger partial charge on any atom is -0.384 e. The summed E-state index contributed by atoms with van der Waals surface area (Å²) in [5.41, 5.74) is 8.01. The third-order valence-corrected chi connectivity index (χ3v) is 3.41. The molecule has 0 fully saturated rings. The van der Waals surface area contributed by atoms with Gasteiger partial charge in [-0.15, -0.1) is 0 Å². The van der Waals surface area contributed by atoms with Crippen LogP contribution in [0.2, 0.25) is 0 Å². The van der Waals surface area contributed by atoms with Crippen LogP contribution in [-0.4, -0.2) is 15.8 Å². The van der Waals surface area contributed by atoms with Crippen molar-refractivity contribution in [2.45, 2.75) is 23.8 Å². The Hall–Kier alpha value is -1.88. The lowest BCUT2D eigenvalue weighted by molar-refractivity contribution is 1.06. The molecule has 0 aliphatic carbocycles. The van der Waals surface area contributed by atoms with Gasteiger partial charge in [0.25, 0.3) is 0 Å². The fourth-order valence-corrected chi connectivity index (χ4v) is 2.80. The van der Waals surface area contributed by atoms with Crippen molar-refractivity contribution in [2.75, 3.05) is 0 Å². The Bertz CT molecular complexity index is 581. The molecule has 0 aliphatic heterocycles. The molecule has 2 heterocycles. The Balaban J connectivity index is 2.46. The van der Waals surface area contributed by atoms with E-state index in [1.54, 1.807) is 6.20 Å². The number of nitrogen functional groups attached to an aromatic ring is 1. The van der Waals surface area contributed by atoms with Gasteiger partial charge in [-0.1, -0.05) is 17.8 Å². The standard InChI is InChI=1S/C13H14N4S/c1-8-7-10(12(13(14)15)9(2)17-8)18-11-5-3-4-6-16-11/h3-7H,1-2H3,(H3,14,15). The summed E-state index contributed by atoms with van der Waals surface area (Å²) in [5, 5.41) is 8.54. The maximum absolute atomic E-state index is 7.66. The lowest BCUT2D eigenvalue weighted by atomic mass is 10.1. The molecule has 0 spiro atoms. The largest absolute Gasteiger partial charge is 0.384 e. The van der Waals surface area contributed by atoms with Gasteiger partial charge in [0.1, 0.15) is 10.9 Å². The summed E-state index contributed by atoms with van der Waals surface area (Å²) < 4.78 is 0. The van der Waals surface area contributed by atoms with Crippen molar-refractivity contribution < 1.29 is 0 Å². The molecule has 3 N–H and O–H groups in total. The highest BCUT2D eigenvalue weighted by atomic mass is 32.2. The normalized spacial score (nSPS) is 10.3. The van der Waals surface area contributed by atoms with E-state index in [9.17, 15) is 0 Å². The Morgan fingerprint density at radius 3 is 2.72 bits per heavy atom. The van der Waals surface area contributed by atoms with Crippen molar-refractivity contribution in [1.29, 1.82) is 5.41 Å². The Kier molecular flexibility index (Phi) is 3.62. The predicted molar refractivity (Wildman–Crippen MR) is 73.1 cm³/mol. The molecule has 18 heavy (non-hydrogen) atoms. The SMILES string of the molecule is Cc1cc(Sc2ccccn2)c(C(=N)N)c(C)n1. The molecule has 2 aromatic rings. The van der Waals surface area contributed by atoms with E-state index >= 15 is 0 Å². The van der Waals surface area contributed by atoms with Crippen LogP contribution in [0, 0.1) is 19.3 Å². The van der Waals surface area contributed by atoms with Gasteiger partial charge in [0.2, 0.25) is 0 Å². The third kappa shape index (κ3) is 2.68. The average Bonchev–Trinajstić information content (AvgIpc) is 2.28. The van der Waals surface area contributed by atoms with Gasteiger partial charge >= 0.3 is 0 Å². The van der Waals surface area contributed by atoms with Crippen LogP contribution in [0.25, 0.3) is 0 Å². The summed E-state index contributed by atoms with van der Waals surface area (Å²) in [6.45, 7) is 3.80. The average molecular weight is 258 g/mol. The van der Waals surface area contributed by atoms with E-state index in [1.807, 2.05) is 38.1 Å². The molecule has 2 rings (SSSR count). The lowest BCUT2D eigenvalue weighted by Crippen LogP contribution is -2.15. The fourth-order valence-electron chi connectivity index (χ4n) is 1.72. The molecule has 92 valence electrons. The zero-order valence-corrected chi connectivity index (χ0v) is 11.1. The number of amidine groups is 1. The molecule has 0 atom stereocenters. The Morgan fingerprint density at radius 2 is 2.11 bits per heavy atom. The minimum absolute atomic E-state index is 0.0402. The van der Waals surface area contributed by atoms with Crippen LogP contribution in [-0.2, 0) is 0 Å². The van der Waals surface area contributed by atoms with Gasteiger partial charge < -0.3 is 5.73 Å². The number of aryl methyl sites for hydroxylation is 2. The molecule has 0 aromatic carbocycles. The van der Waals surface area contributed by atoms with Crippen LogP contribution in [0.15, 0.2) is 40.4 Å². The quantitative estimate of drug-likeness (QED) is 0.655. The Labute approximate surface area is 110 Å². The van der Waals surface area contributed by atoms with Crippen molar-refractivity contribution in [3.8, 4) is 0 Å². The summed E-state index contributed by atoms with van der Waals surface area (Å²) in [6, 6.07) is 7.67. The summed E-state index contributed by atoms with van der Waals surface area (Å²) in [4.78, 5) is 9.53. The number of pyridine rings is 2. The summed E-state index contributed by atoms with van der Waals surface area (Å²) >= 11 is 1.50. The topological polar surface area (TPSA) is 75.7 Å². The van der Waals surface area contributed by atoms with Crippen molar-refractivity contribution >= 4 is 17.6 Å². The molecular formula is C13H14N4S. The molecule has 0 saturated heterocycles. The van der Waals surface area contributed by atoms with Gasteiger partial charge in [0.15, 0.2) is 0 Å². The second-order valence-electron chi connectivity index (χ2n) is 3.91. The second kappa shape index (κ2) is 5.18. The van der Waals surface area contributed by atoms with Crippen LogP contribution in [0.1, 0.15) is 17.0 Å². The van der Waals surface area contributed by atoms with Crippen molar-refractivity contribution in [1.82, 2.24) is 9.97 Å². The summed E-state index contributed by atoms with van der Waals surface area (Å²) in [7, 11) is 0. The van der Waals surface area contributed by atoms with Crippen LogP contribution >= 0.6 is 11.8 Å². The smallest absolute Gasteiger partial charge is 0.125 e. The maximum Gasteiger partial charge on any atom is 0.125 e. The molecular weight excluding hydrogens is 244 g/mol. The number of rotatable bonds is 3. The van der Waals surface area contributed by atoms with E-state index in [-0.39, 0.29) is 5.84 Å². The highest BCUT2D eigenvalue weighted by molar-refractivity contribution is 7.99. The van der Waals surface area contributed by atoms with Crippen LogP contribution in [0.5, 0.6) is 0 Å². The number of nitrogens with zero attached hydrogens (tertiary/aromatic N) is 2. The van der Waals surface area contributed by atoms with Gasteiger partial charge in [-0.2, -0.15) is 0 Å². The van der Waals surface area contributed by atoms with E-state index in [0.717, 1.165) is 21.3 Å². The van der Waals surface area contributed by atoms with Gasteiger partial charge in [0.05, 0.1) is 5.56 Å². The van der Waals surface area contributed by atoms with Crippen LogP contribution in [0.4, 0.5) is 0 Å². The predicted octanol–water partition coefficient (Wildman–Crippen LogP) is 2.53. The Morgan fingerprint density at radius 1 is 1.33 bits per heavy atom. The number of hydrogen-bond acceptors (Lipinski definition) is 4. The molecule has 0 saturated carbocycles. The molecule has 0 bridgehead atoms. The molecule has 4 nitrogen and oxygen atoms in total.